The Kier molecular flexibility index (Phi) is 6.06. The summed E-state index contributed by atoms with van der Waals surface area (Å²) in [5.74, 6) is 0. The maximum absolute atomic E-state index is 5.48. The van der Waals surface area contributed by atoms with Gasteiger partial charge in [0.15, 0.2) is 0 Å². The molecule has 0 bridgehead atoms. The third-order valence-electron chi connectivity index (χ3n) is 4.86. The van der Waals surface area contributed by atoms with E-state index in [0.29, 0.717) is 5.41 Å². The highest BCUT2D eigenvalue weighted by molar-refractivity contribution is 4.95. The van der Waals surface area contributed by atoms with Gasteiger partial charge in [0.05, 0.1) is 0 Å². The third-order valence-corrected chi connectivity index (χ3v) is 4.86. The number of piperidine rings is 1. The van der Waals surface area contributed by atoms with E-state index in [1.807, 2.05) is 0 Å². The SMILES string of the molecule is CC(C)=CCN1CCC(NCC2(C)CCOCC2)CC1. The summed E-state index contributed by atoms with van der Waals surface area (Å²) in [6.45, 7) is 13.4. The smallest absolute Gasteiger partial charge is 0.0471 e. The lowest BCUT2D eigenvalue weighted by molar-refractivity contribution is 0.0217. The molecule has 3 heteroatoms. The molecule has 0 aromatic heterocycles. The van der Waals surface area contributed by atoms with Crippen LogP contribution in [0.5, 0.6) is 0 Å². The van der Waals surface area contributed by atoms with Crippen molar-refractivity contribution < 1.29 is 4.74 Å². The summed E-state index contributed by atoms with van der Waals surface area (Å²) >= 11 is 0. The van der Waals surface area contributed by atoms with Gasteiger partial charge >= 0.3 is 0 Å². The van der Waals surface area contributed by atoms with Crippen molar-refractivity contribution in [3.05, 3.63) is 11.6 Å². The largest absolute Gasteiger partial charge is 0.381 e. The fraction of sp³-hybridized carbons (Fsp3) is 0.882. The van der Waals surface area contributed by atoms with Crippen molar-refractivity contribution in [1.29, 1.82) is 0 Å². The zero-order valence-electron chi connectivity index (χ0n) is 13.6. The summed E-state index contributed by atoms with van der Waals surface area (Å²) < 4.78 is 5.48. The molecule has 0 saturated carbocycles. The summed E-state index contributed by atoms with van der Waals surface area (Å²) in [4.78, 5) is 2.57. The molecule has 20 heavy (non-hydrogen) atoms. The van der Waals surface area contributed by atoms with Gasteiger partial charge in [-0.2, -0.15) is 0 Å². The van der Waals surface area contributed by atoms with Gasteiger partial charge in [-0.1, -0.05) is 18.6 Å². The molecule has 2 heterocycles. The number of likely N-dealkylation sites (tertiary alicyclic amines) is 1. The van der Waals surface area contributed by atoms with Gasteiger partial charge in [-0.3, -0.25) is 4.90 Å². The third kappa shape index (κ3) is 5.19. The number of hydrogen-bond acceptors (Lipinski definition) is 3. The summed E-state index contributed by atoms with van der Waals surface area (Å²) in [6.07, 6.45) is 7.35. The number of ether oxygens (including phenoxy) is 1. The van der Waals surface area contributed by atoms with Gasteiger partial charge < -0.3 is 10.1 Å². The fourth-order valence-electron chi connectivity index (χ4n) is 3.06. The van der Waals surface area contributed by atoms with E-state index in [1.54, 1.807) is 0 Å². The summed E-state index contributed by atoms with van der Waals surface area (Å²) in [5, 5.41) is 3.82. The van der Waals surface area contributed by atoms with Crippen molar-refractivity contribution in [2.45, 2.75) is 52.5 Å². The monoisotopic (exact) mass is 280 g/mol. The predicted octanol–water partition coefficient (Wildman–Crippen LogP) is 2.82. The zero-order chi connectivity index (χ0) is 14.4. The first-order valence-corrected chi connectivity index (χ1v) is 8.24. The molecule has 0 spiro atoms. The number of nitrogens with zero attached hydrogens (tertiary/aromatic N) is 1. The van der Waals surface area contributed by atoms with Crippen LogP contribution in [0.15, 0.2) is 11.6 Å². The topological polar surface area (TPSA) is 24.5 Å². The minimum atomic E-state index is 0.456. The van der Waals surface area contributed by atoms with Crippen molar-refractivity contribution in [3.8, 4) is 0 Å². The lowest BCUT2D eigenvalue weighted by Crippen LogP contribution is -2.46. The second-order valence-corrected chi connectivity index (χ2v) is 7.16. The van der Waals surface area contributed by atoms with Crippen molar-refractivity contribution in [2.24, 2.45) is 5.41 Å². The number of rotatable bonds is 5. The zero-order valence-corrected chi connectivity index (χ0v) is 13.6. The molecular weight excluding hydrogens is 248 g/mol. The molecule has 3 nitrogen and oxygen atoms in total. The Morgan fingerprint density at radius 2 is 1.90 bits per heavy atom. The highest BCUT2D eigenvalue weighted by atomic mass is 16.5. The van der Waals surface area contributed by atoms with E-state index in [4.69, 9.17) is 4.74 Å². The molecule has 2 aliphatic rings. The highest BCUT2D eigenvalue weighted by Gasteiger charge is 2.28. The van der Waals surface area contributed by atoms with Crippen molar-refractivity contribution in [1.82, 2.24) is 10.2 Å². The Hall–Kier alpha value is -0.380. The summed E-state index contributed by atoms with van der Waals surface area (Å²) in [7, 11) is 0. The van der Waals surface area contributed by atoms with Gasteiger partial charge in [0.2, 0.25) is 0 Å². The molecule has 0 radical (unpaired) electrons. The van der Waals surface area contributed by atoms with Crippen molar-refractivity contribution in [2.75, 3.05) is 39.4 Å². The van der Waals surface area contributed by atoms with E-state index in [0.717, 1.165) is 32.3 Å². The van der Waals surface area contributed by atoms with E-state index in [9.17, 15) is 0 Å². The van der Waals surface area contributed by atoms with Crippen LogP contribution in [0.2, 0.25) is 0 Å². The average Bonchev–Trinajstić information content (AvgIpc) is 2.45. The molecule has 0 aromatic rings. The first-order chi connectivity index (χ1) is 9.57. The molecule has 0 amide bonds. The molecule has 0 aliphatic carbocycles. The van der Waals surface area contributed by atoms with Gasteiger partial charge in [-0.05, 0) is 58.0 Å². The Morgan fingerprint density at radius 1 is 1.25 bits per heavy atom. The predicted molar refractivity (Wildman–Crippen MR) is 85.1 cm³/mol. The summed E-state index contributed by atoms with van der Waals surface area (Å²) in [5.41, 5.74) is 1.88. The Balaban J connectivity index is 1.65. The van der Waals surface area contributed by atoms with E-state index in [2.05, 4.69) is 37.1 Å². The quantitative estimate of drug-likeness (QED) is 0.784. The van der Waals surface area contributed by atoms with Gasteiger partial charge in [-0.25, -0.2) is 0 Å². The standard InChI is InChI=1S/C17H32N2O/c1-15(2)4-9-19-10-5-16(6-11-19)18-14-17(3)7-12-20-13-8-17/h4,16,18H,5-14H2,1-3H3. The molecule has 2 saturated heterocycles. The first kappa shape index (κ1) is 16.0. The van der Waals surface area contributed by atoms with Crippen LogP contribution in [-0.4, -0.2) is 50.3 Å². The van der Waals surface area contributed by atoms with Crippen LogP contribution in [0.3, 0.4) is 0 Å². The summed E-state index contributed by atoms with van der Waals surface area (Å²) in [6, 6.07) is 0.720. The minimum Gasteiger partial charge on any atom is -0.381 e. The molecular formula is C17H32N2O. The maximum atomic E-state index is 5.48. The fourth-order valence-corrected chi connectivity index (χ4v) is 3.06. The van der Waals surface area contributed by atoms with E-state index in [-0.39, 0.29) is 0 Å². The van der Waals surface area contributed by atoms with Gasteiger partial charge in [0.25, 0.3) is 0 Å². The van der Waals surface area contributed by atoms with Gasteiger partial charge in [-0.15, -0.1) is 0 Å². The van der Waals surface area contributed by atoms with E-state index in [1.165, 1.54) is 44.3 Å². The Morgan fingerprint density at radius 3 is 2.50 bits per heavy atom. The number of allylic oxidation sites excluding steroid dienone is 1. The maximum Gasteiger partial charge on any atom is 0.0471 e. The second kappa shape index (κ2) is 7.58. The van der Waals surface area contributed by atoms with Crippen LogP contribution >= 0.6 is 0 Å². The molecule has 2 rings (SSSR count). The number of nitrogens with one attached hydrogen (secondary N) is 1. The highest BCUT2D eigenvalue weighted by Crippen LogP contribution is 2.29. The molecule has 2 fully saturated rings. The van der Waals surface area contributed by atoms with E-state index < -0.39 is 0 Å². The lowest BCUT2D eigenvalue weighted by Gasteiger charge is -2.37. The number of hydrogen-bond donors (Lipinski definition) is 1. The van der Waals surface area contributed by atoms with E-state index >= 15 is 0 Å². The molecule has 0 atom stereocenters. The van der Waals surface area contributed by atoms with Crippen LogP contribution < -0.4 is 5.32 Å². The molecule has 0 unspecified atom stereocenters. The van der Waals surface area contributed by atoms with Crippen LogP contribution in [0.25, 0.3) is 0 Å². The normalized spacial score (nSPS) is 24.6. The van der Waals surface area contributed by atoms with Crippen LogP contribution in [0.1, 0.15) is 46.5 Å². The molecule has 0 aromatic carbocycles. The van der Waals surface area contributed by atoms with Gasteiger partial charge in [0.1, 0.15) is 0 Å². The van der Waals surface area contributed by atoms with Gasteiger partial charge in [0, 0.05) is 32.3 Å². The molecule has 2 aliphatic heterocycles. The average molecular weight is 280 g/mol. The lowest BCUT2D eigenvalue weighted by atomic mass is 9.82. The molecule has 116 valence electrons. The Labute approximate surface area is 124 Å². The second-order valence-electron chi connectivity index (χ2n) is 7.16. The first-order valence-electron chi connectivity index (χ1n) is 8.24. The van der Waals surface area contributed by atoms with Crippen LogP contribution in [0, 0.1) is 5.41 Å². The van der Waals surface area contributed by atoms with Crippen LogP contribution in [-0.2, 0) is 4.74 Å². The molecule has 1 N–H and O–H groups in total. The Bertz CT molecular complexity index is 309. The van der Waals surface area contributed by atoms with Crippen molar-refractivity contribution in [3.63, 3.8) is 0 Å². The minimum absolute atomic E-state index is 0.456. The van der Waals surface area contributed by atoms with Crippen LogP contribution in [0.4, 0.5) is 0 Å². The van der Waals surface area contributed by atoms with Crippen molar-refractivity contribution >= 4 is 0 Å².